The van der Waals surface area contributed by atoms with Gasteiger partial charge in [0.2, 0.25) is 0 Å². The minimum Gasteiger partial charge on any atom is -0.459 e. The molecule has 0 fully saturated rings. The molecule has 6 heteroatoms. The Kier molecular flexibility index (Phi) is 6.40. The lowest BCUT2D eigenvalue weighted by molar-refractivity contribution is -0.141. The summed E-state index contributed by atoms with van der Waals surface area (Å²) in [6, 6.07) is 15.9. The Morgan fingerprint density at radius 1 is 1.00 bits per heavy atom. The number of benzene rings is 2. The molecule has 0 spiro atoms. The van der Waals surface area contributed by atoms with Crippen molar-refractivity contribution in [2.45, 2.75) is 0 Å². The van der Waals surface area contributed by atoms with Crippen LogP contribution in [0.3, 0.4) is 0 Å². The van der Waals surface area contributed by atoms with E-state index in [1.165, 1.54) is 0 Å². The first-order valence-electron chi connectivity index (χ1n) is 7.14. The van der Waals surface area contributed by atoms with Crippen molar-refractivity contribution in [3.8, 4) is 11.5 Å². The number of para-hydroxylation sites is 1. The van der Waals surface area contributed by atoms with Crippen LogP contribution in [0.25, 0.3) is 0 Å². The zero-order valence-electron chi connectivity index (χ0n) is 12.8. The molecule has 0 aliphatic carbocycles. The number of hydrogen-bond acceptors (Lipinski definition) is 4. The number of esters is 1. The third-order valence-electron chi connectivity index (χ3n) is 2.88. The Labute approximate surface area is 144 Å². The second-order valence-corrected chi connectivity index (χ2v) is 5.33. The Bertz CT molecular complexity index is 714. The molecule has 1 amide bonds. The van der Waals surface area contributed by atoms with Crippen LogP contribution in [-0.2, 0) is 9.53 Å². The highest BCUT2D eigenvalue weighted by molar-refractivity contribution is 6.29. The number of amides is 1. The second-order valence-electron chi connectivity index (χ2n) is 4.80. The molecule has 1 N–H and O–H groups in total. The topological polar surface area (TPSA) is 64.6 Å². The fourth-order valence-electron chi connectivity index (χ4n) is 1.76. The first-order valence-corrected chi connectivity index (χ1v) is 7.52. The molecule has 0 aliphatic heterocycles. The number of carbonyl (C=O) groups is 2. The van der Waals surface area contributed by atoms with E-state index in [1.807, 2.05) is 30.3 Å². The highest BCUT2D eigenvalue weighted by Crippen LogP contribution is 2.21. The largest absolute Gasteiger partial charge is 0.459 e. The average molecular weight is 346 g/mol. The second kappa shape index (κ2) is 8.74. The van der Waals surface area contributed by atoms with Crippen molar-refractivity contribution in [3.63, 3.8) is 0 Å². The van der Waals surface area contributed by atoms with Crippen molar-refractivity contribution in [2.75, 3.05) is 13.2 Å². The van der Waals surface area contributed by atoms with E-state index in [9.17, 15) is 9.59 Å². The predicted octanol–water partition coefficient (Wildman–Crippen LogP) is 3.50. The van der Waals surface area contributed by atoms with Crippen LogP contribution in [-0.4, -0.2) is 25.0 Å². The van der Waals surface area contributed by atoms with Crippen LogP contribution in [0.15, 0.2) is 66.2 Å². The summed E-state index contributed by atoms with van der Waals surface area (Å²) in [6.45, 7) is 3.07. The van der Waals surface area contributed by atoms with E-state index in [0.29, 0.717) is 17.1 Å². The predicted molar refractivity (Wildman–Crippen MR) is 91.2 cm³/mol. The first kappa shape index (κ1) is 17.6. The number of carbonyl (C=O) groups excluding carboxylic acids is 2. The average Bonchev–Trinajstić information content (AvgIpc) is 2.59. The quantitative estimate of drug-likeness (QED) is 0.780. The Morgan fingerprint density at radius 3 is 2.25 bits per heavy atom. The van der Waals surface area contributed by atoms with Crippen LogP contribution in [0.4, 0.5) is 0 Å². The van der Waals surface area contributed by atoms with Gasteiger partial charge in [-0.1, -0.05) is 36.4 Å². The molecule has 0 unspecified atom stereocenters. The van der Waals surface area contributed by atoms with Gasteiger partial charge in [-0.15, -0.1) is 0 Å². The summed E-state index contributed by atoms with van der Waals surface area (Å²) in [5.74, 6) is 0.341. The number of rotatable bonds is 7. The maximum absolute atomic E-state index is 12.0. The highest BCUT2D eigenvalue weighted by atomic mass is 35.5. The zero-order valence-corrected chi connectivity index (χ0v) is 13.6. The Balaban J connectivity index is 1.85. The Hall–Kier alpha value is -2.79. The van der Waals surface area contributed by atoms with Gasteiger partial charge >= 0.3 is 5.97 Å². The lowest BCUT2D eigenvalue weighted by Gasteiger charge is -2.08. The van der Waals surface area contributed by atoms with Crippen LogP contribution in [0.5, 0.6) is 11.5 Å². The molecule has 124 valence electrons. The molecule has 0 aliphatic rings. The summed E-state index contributed by atoms with van der Waals surface area (Å²) in [5.41, 5.74) is 0.407. The van der Waals surface area contributed by atoms with Gasteiger partial charge in [-0.2, -0.15) is 0 Å². The molecule has 24 heavy (non-hydrogen) atoms. The lowest BCUT2D eigenvalue weighted by Crippen LogP contribution is -2.30. The Morgan fingerprint density at radius 2 is 1.62 bits per heavy atom. The molecular formula is C18H16ClNO4. The molecule has 2 aromatic rings. The fourth-order valence-corrected chi connectivity index (χ4v) is 1.82. The van der Waals surface area contributed by atoms with E-state index in [1.54, 1.807) is 24.3 Å². The van der Waals surface area contributed by atoms with Gasteiger partial charge < -0.3 is 14.8 Å². The van der Waals surface area contributed by atoms with Gasteiger partial charge in [-0.05, 0) is 36.4 Å². The van der Waals surface area contributed by atoms with Gasteiger partial charge in [-0.3, -0.25) is 9.59 Å². The van der Waals surface area contributed by atoms with E-state index in [0.717, 1.165) is 0 Å². The molecule has 0 atom stereocenters. The zero-order chi connectivity index (χ0) is 17.4. The standard InChI is InChI=1S/C18H16ClNO4/c1-13(19)12-23-17(21)11-20-18(22)14-7-9-16(10-8-14)24-15-5-3-2-4-6-15/h2-10H,1,11-12H2,(H,20,22). The minimum atomic E-state index is -0.589. The highest BCUT2D eigenvalue weighted by Gasteiger charge is 2.09. The van der Waals surface area contributed by atoms with Crippen molar-refractivity contribution in [3.05, 3.63) is 71.8 Å². The van der Waals surface area contributed by atoms with Gasteiger partial charge in [0, 0.05) is 10.6 Å². The van der Waals surface area contributed by atoms with E-state index in [-0.39, 0.29) is 24.1 Å². The lowest BCUT2D eigenvalue weighted by atomic mass is 10.2. The molecule has 0 heterocycles. The van der Waals surface area contributed by atoms with E-state index >= 15 is 0 Å². The summed E-state index contributed by atoms with van der Waals surface area (Å²) in [6.07, 6.45) is 0. The maximum Gasteiger partial charge on any atom is 0.325 e. The minimum absolute atomic E-state index is 0.0816. The first-order chi connectivity index (χ1) is 11.5. The molecule has 0 saturated carbocycles. The van der Waals surface area contributed by atoms with Crippen molar-refractivity contribution in [1.29, 1.82) is 0 Å². The molecule has 5 nitrogen and oxygen atoms in total. The van der Waals surface area contributed by atoms with E-state index in [4.69, 9.17) is 21.1 Å². The van der Waals surface area contributed by atoms with Crippen LogP contribution >= 0.6 is 11.6 Å². The molecule has 0 radical (unpaired) electrons. The summed E-state index contributed by atoms with van der Waals surface area (Å²) < 4.78 is 10.4. The van der Waals surface area contributed by atoms with Crippen LogP contribution in [0, 0.1) is 0 Å². The third kappa shape index (κ3) is 5.78. The van der Waals surface area contributed by atoms with Gasteiger partial charge in [0.1, 0.15) is 24.7 Å². The summed E-state index contributed by atoms with van der Waals surface area (Å²) in [7, 11) is 0. The van der Waals surface area contributed by atoms with Crippen molar-refractivity contribution < 1.29 is 19.1 Å². The number of nitrogens with one attached hydrogen (secondary N) is 1. The van der Waals surface area contributed by atoms with Gasteiger partial charge in [0.15, 0.2) is 0 Å². The van der Waals surface area contributed by atoms with Gasteiger partial charge in [0.25, 0.3) is 5.91 Å². The van der Waals surface area contributed by atoms with Gasteiger partial charge in [-0.25, -0.2) is 0 Å². The SMILES string of the molecule is C=C(Cl)COC(=O)CNC(=O)c1ccc(Oc2ccccc2)cc1. The summed E-state index contributed by atoms with van der Waals surface area (Å²) in [5, 5.41) is 2.68. The number of ether oxygens (including phenoxy) is 2. The van der Waals surface area contributed by atoms with Crippen LogP contribution in [0.2, 0.25) is 0 Å². The number of halogens is 1. The third-order valence-corrected chi connectivity index (χ3v) is 2.99. The van der Waals surface area contributed by atoms with Gasteiger partial charge in [0.05, 0.1) is 0 Å². The van der Waals surface area contributed by atoms with Crippen LogP contribution < -0.4 is 10.1 Å². The van der Waals surface area contributed by atoms with Crippen LogP contribution in [0.1, 0.15) is 10.4 Å². The smallest absolute Gasteiger partial charge is 0.325 e. The molecular weight excluding hydrogens is 330 g/mol. The van der Waals surface area contributed by atoms with Crippen molar-refractivity contribution in [2.24, 2.45) is 0 Å². The molecule has 2 aromatic carbocycles. The number of hydrogen-bond donors (Lipinski definition) is 1. The monoisotopic (exact) mass is 345 g/mol. The fraction of sp³-hybridized carbons (Fsp3) is 0.111. The maximum atomic E-state index is 12.0. The van der Waals surface area contributed by atoms with Crippen molar-refractivity contribution >= 4 is 23.5 Å². The molecule has 0 saturated heterocycles. The normalized spacial score (nSPS) is 9.88. The van der Waals surface area contributed by atoms with E-state index < -0.39 is 5.97 Å². The van der Waals surface area contributed by atoms with E-state index in [2.05, 4.69) is 11.9 Å². The summed E-state index contributed by atoms with van der Waals surface area (Å²) in [4.78, 5) is 23.3. The summed E-state index contributed by atoms with van der Waals surface area (Å²) >= 11 is 5.48. The van der Waals surface area contributed by atoms with Crippen molar-refractivity contribution in [1.82, 2.24) is 5.32 Å². The molecule has 0 aromatic heterocycles. The molecule has 2 rings (SSSR count). The molecule has 0 bridgehead atoms.